The number of nitriles is 2. The van der Waals surface area contributed by atoms with Gasteiger partial charge in [0.25, 0.3) is 36.4 Å². The molecule has 0 saturated carbocycles. The number of nitrogens with zero attached hydrogens (tertiary/aromatic N) is 9. The van der Waals surface area contributed by atoms with Crippen LogP contribution in [0.5, 0.6) is 0 Å². The number of carbonyl (C=O) groups excluding carboxylic acids is 2. The summed E-state index contributed by atoms with van der Waals surface area (Å²) < 4.78 is 79.0. The van der Waals surface area contributed by atoms with E-state index in [1.807, 2.05) is 38.4 Å². The molecule has 4 aromatic heterocycles. The van der Waals surface area contributed by atoms with Gasteiger partial charge in [-0.2, -0.15) is 28.9 Å². The molecule has 2 aliphatic rings. The molecule has 6 heterocycles. The first kappa shape index (κ1) is 61.6. The molecule has 6 N–H and O–H groups in total. The van der Waals surface area contributed by atoms with Crippen molar-refractivity contribution in [1.29, 1.82) is 10.5 Å². The fourth-order valence-electron chi connectivity index (χ4n) is 8.25. The molecule has 0 radical (unpaired) electrons. The van der Waals surface area contributed by atoms with Crippen molar-refractivity contribution in [1.82, 2.24) is 48.8 Å². The molecule has 2 saturated heterocycles. The fourth-order valence-corrected chi connectivity index (χ4v) is 13.6. The first-order chi connectivity index (χ1) is 37.4. The third kappa shape index (κ3) is 14.9. The van der Waals surface area contributed by atoms with Gasteiger partial charge in [0, 0.05) is 34.8 Å². The van der Waals surface area contributed by atoms with E-state index in [1.165, 1.54) is 46.1 Å². The minimum Gasteiger partial charge on any atom is -0.388 e. The number of aromatic nitrogens is 8. The maximum atomic E-state index is 14.6. The van der Waals surface area contributed by atoms with E-state index in [0.717, 1.165) is 0 Å². The zero-order valence-corrected chi connectivity index (χ0v) is 49.1. The van der Waals surface area contributed by atoms with Crippen molar-refractivity contribution < 1.29 is 54.9 Å². The van der Waals surface area contributed by atoms with Crippen LogP contribution in [-0.4, -0.2) is 138 Å². The Labute approximate surface area is 468 Å². The van der Waals surface area contributed by atoms with Crippen molar-refractivity contribution in [3.05, 3.63) is 62.1 Å². The summed E-state index contributed by atoms with van der Waals surface area (Å²) in [6, 6.07) is 8.03. The molecule has 28 nitrogen and oxygen atoms in total. The molecule has 2 fully saturated rings. The van der Waals surface area contributed by atoms with E-state index in [1.54, 1.807) is 27.7 Å². The van der Waals surface area contributed by atoms with Gasteiger partial charge in [0.05, 0.1) is 81.1 Å². The summed E-state index contributed by atoms with van der Waals surface area (Å²) in [5.74, 6) is -2.21. The molecule has 428 valence electrons. The predicted molar refractivity (Wildman–Crippen MR) is 292 cm³/mol. The molecule has 2 aliphatic heterocycles. The van der Waals surface area contributed by atoms with Crippen LogP contribution in [0.25, 0.3) is 22.3 Å². The number of imidazole rings is 2. The lowest BCUT2D eigenvalue weighted by Gasteiger charge is -2.36. The van der Waals surface area contributed by atoms with E-state index >= 15 is 0 Å². The number of halogens is 1. The largest absolute Gasteiger partial charge is 0.388 e. The van der Waals surface area contributed by atoms with Gasteiger partial charge in [-0.25, -0.2) is 19.7 Å². The highest BCUT2D eigenvalue weighted by Gasteiger charge is 2.52. The zero-order valence-electron chi connectivity index (χ0n) is 44.1. The minimum atomic E-state index is -4.75. The maximum absolute atomic E-state index is 14.6. The van der Waals surface area contributed by atoms with Crippen LogP contribution < -0.4 is 26.8 Å². The molecule has 2 unspecified atom stereocenters. The number of aromatic amines is 2. The Hall–Kier alpha value is -5.05. The number of amides is 2. The summed E-state index contributed by atoms with van der Waals surface area (Å²) in [7, 11) is -6.71. The zero-order chi connectivity index (χ0) is 57.5. The van der Waals surface area contributed by atoms with Gasteiger partial charge < -0.3 is 32.7 Å². The molecule has 0 bridgehead atoms. The first-order valence-corrected chi connectivity index (χ1v) is 30.9. The van der Waals surface area contributed by atoms with Gasteiger partial charge in [0.2, 0.25) is 23.7 Å². The highest BCUT2D eigenvalue weighted by atomic mass is 79.9. The number of anilines is 2. The first-order valence-electron chi connectivity index (χ1n) is 24.9. The van der Waals surface area contributed by atoms with E-state index in [-0.39, 0.29) is 96.9 Å². The molecule has 7 rings (SSSR count). The number of H-pyrrole nitrogens is 2. The summed E-state index contributed by atoms with van der Waals surface area (Å²) in [6.45, 7) is 9.31. The number of ether oxygens (including phenoxy) is 2. The third-order valence-electron chi connectivity index (χ3n) is 12.0. The molecular formula is C46H61BrN14O14P2S2. The van der Waals surface area contributed by atoms with Crippen molar-refractivity contribution in [3.8, 4) is 12.1 Å². The van der Waals surface area contributed by atoms with Crippen LogP contribution in [0.15, 0.2) is 55.9 Å². The third-order valence-corrected chi connectivity index (χ3v) is 18.5. The van der Waals surface area contributed by atoms with Gasteiger partial charge in [-0.3, -0.25) is 53.1 Å². The second-order valence-corrected chi connectivity index (χ2v) is 26.4. The number of rotatable bonds is 26. The van der Waals surface area contributed by atoms with Crippen molar-refractivity contribution in [2.24, 2.45) is 11.8 Å². The van der Waals surface area contributed by atoms with E-state index in [2.05, 4.69) is 67.6 Å². The van der Waals surface area contributed by atoms with E-state index in [9.17, 15) is 43.2 Å². The molecule has 1 aromatic carbocycles. The number of aliphatic hydroxyl groups excluding tert-OH is 1. The van der Waals surface area contributed by atoms with Crippen molar-refractivity contribution in [3.63, 3.8) is 0 Å². The summed E-state index contributed by atoms with van der Waals surface area (Å²) in [5.41, 5.74) is -1.86. The molecule has 9 atom stereocenters. The van der Waals surface area contributed by atoms with Crippen molar-refractivity contribution in [2.75, 3.05) is 37.1 Å². The Bertz CT molecular complexity index is 3340. The number of carbonyl (C=O) groups is 2. The molecule has 0 spiro atoms. The van der Waals surface area contributed by atoms with Gasteiger partial charge in [-0.05, 0) is 63.8 Å². The summed E-state index contributed by atoms with van der Waals surface area (Å²) in [6.07, 6.45) is -5.59. The SMILES string of the molecule is CC(C)C(=O)Nc1nc2c(ncn2[C@@H]2O[C@H](COP(OCCC#N)N(C(C)C)C(C)C)[C@@H](NP(=S)(OCCC#N)OC[C@@H]3C[C@@H](O)[C@H](n4cnc5c(=O)[nH]c(NC(=O)C(C)C)nc54)O3)[C@H]2OS(=O)(=O)c2ccc(Br)cc2)c(=O)[nH]1. The Morgan fingerprint density at radius 1 is 0.861 bits per heavy atom. The Kier molecular flexibility index (Phi) is 20.8. The van der Waals surface area contributed by atoms with Crippen LogP contribution in [0.4, 0.5) is 11.9 Å². The predicted octanol–water partition coefficient (Wildman–Crippen LogP) is 4.95. The van der Waals surface area contributed by atoms with Crippen molar-refractivity contribution in [2.45, 2.75) is 135 Å². The van der Waals surface area contributed by atoms with Gasteiger partial charge in [0.15, 0.2) is 34.8 Å². The lowest BCUT2D eigenvalue weighted by molar-refractivity contribution is -0.119. The molecule has 33 heteroatoms. The lowest BCUT2D eigenvalue weighted by atomic mass is 10.1. The van der Waals surface area contributed by atoms with Gasteiger partial charge in [0.1, 0.15) is 18.3 Å². The standard InChI is InChI=1S/C46H61BrN14O14P2S2/c1-24(2)39(63)54-45-52-37-34(41(65)56-45)50-22-59(37)43-31(62)19-29(73-43)20-72-77(78,71-18-10-16-49)58-33-32(21-70-76(69-17-9-15-48)61(26(5)6)27(7)8)74-44(36(33)75-79(67,68)30-13-11-28(47)12-14-30)60-23-51-35-38(60)53-46(57-42(35)66)55-40(64)25(3)4/h11-14,22-27,29,31-33,36,43-44,62H,9-10,17-21H2,1-8H3,(H,58,78)(H2,52,54,56,63,65)(H2,53,55,57,64,66)/t29-,31+,32+,33+,36+,43+,44+,76?,77?/m0/s1. The van der Waals surface area contributed by atoms with Gasteiger partial charge >= 0.3 is 0 Å². The van der Waals surface area contributed by atoms with Gasteiger partial charge in [-0.15, -0.1) is 0 Å². The van der Waals surface area contributed by atoms with Crippen LogP contribution in [0.2, 0.25) is 0 Å². The highest BCUT2D eigenvalue weighted by molar-refractivity contribution is 9.10. The Balaban J connectivity index is 1.29. The molecule has 79 heavy (non-hydrogen) atoms. The lowest BCUT2D eigenvalue weighted by Crippen LogP contribution is -2.47. The number of benzene rings is 1. The minimum absolute atomic E-state index is 0.000671. The number of aliphatic hydroxyl groups is 1. The average Bonchev–Trinajstić information content (AvgIpc) is 4.37. The number of hydrogen-bond acceptors (Lipinski definition) is 22. The number of fused-ring (bicyclic) bond motifs is 2. The quantitative estimate of drug-likeness (QED) is 0.0242. The number of hydrogen-bond donors (Lipinski definition) is 6. The van der Waals surface area contributed by atoms with Gasteiger partial charge in [-0.1, -0.05) is 43.6 Å². The second kappa shape index (κ2) is 26.7. The van der Waals surface area contributed by atoms with Crippen LogP contribution in [0.1, 0.15) is 87.1 Å². The molecular weight excluding hydrogens is 1180 g/mol. The topological polar surface area (TPSA) is 367 Å². The molecule has 2 amide bonds. The smallest absolute Gasteiger partial charge is 0.297 e. The van der Waals surface area contributed by atoms with E-state index in [0.29, 0.717) is 4.47 Å². The summed E-state index contributed by atoms with van der Waals surface area (Å²) in [5, 5.41) is 38.8. The molecule has 5 aromatic rings. The summed E-state index contributed by atoms with van der Waals surface area (Å²) >= 11 is 9.54. The number of nitrogens with one attached hydrogen (secondary N) is 5. The summed E-state index contributed by atoms with van der Waals surface area (Å²) in [4.78, 5) is 74.0. The highest BCUT2D eigenvalue weighted by Crippen LogP contribution is 2.51. The normalized spacial score (nSPS) is 21.8. The van der Waals surface area contributed by atoms with Crippen LogP contribution in [0.3, 0.4) is 0 Å². The maximum Gasteiger partial charge on any atom is 0.297 e. The van der Waals surface area contributed by atoms with Crippen LogP contribution >= 0.6 is 31.1 Å². The van der Waals surface area contributed by atoms with Crippen molar-refractivity contribution >= 4 is 99.1 Å². The Morgan fingerprint density at radius 3 is 1.94 bits per heavy atom. The Morgan fingerprint density at radius 2 is 1.41 bits per heavy atom. The monoisotopic (exact) mass is 1240 g/mol. The van der Waals surface area contributed by atoms with Crippen LogP contribution in [0, 0.1) is 34.5 Å². The average molecular weight is 1240 g/mol. The van der Waals surface area contributed by atoms with E-state index in [4.69, 9.17) is 43.6 Å². The molecule has 0 aliphatic carbocycles. The second-order valence-electron chi connectivity index (χ2n) is 19.3. The van der Waals surface area contributed by atoms with E-state index < -0.39 is 103 Å². The fraction of sp³-hybridized carbons (Fsp3) is 0.565. The van der Waals surface area contributed by atoms with Crippen LogP contribution in [-0.2, 0) is 63.3 Å².